The van der Waals surface area contributed by atoms with Crippen molar-refractivity contribution in [3.8, 4) is 0 Å². The Morgan fingerprint density at radius 1 is 1.10 bits per heavy atom. The second kappa shape index (κ2) is 7.37. The molecule has 0 spiro atoms. The molecule has 0 saturated carbocycles. The van der Waals surface area contributed by atoms with Crippen LogP contribution in [0.4, 0.5) is 4.39 Å². The van der Waals surface area contributed by atoms with Crippen LogP contribution in [-0.2, 0) is 6.42 Å². The van der Waals surface area contributed by atoms with Crippen molar-refractivity contribution in [2.24, 2.45) is 0 Å². The van der Waals surface area contributed by atoms with E-state index < -0.39 is 0 Å². The predicted octanol–water partition coefficient (Wildman–Crippen LogP) is 4.79. The van der Waals surface area contributed by atoms with E-state index in [-0.39, 0.29) is 11.9 Å². The Bertz CT molecular complexity index is 592. The summed E-state index contributed by atoms with van der Waals surface area (Å²) in [5, 5.41) is 3.48. The average Bonchev–Trinajstić information content (AvgIpc) is 2.51. The van der Waals surface area contributed by atoms with E-state index in [0.29, 0.717) is 0 Å². The monoisotopic (exact) mass is 285 g/mol. The summed E-state index contributed by atoms with van der Waals surface area (Å²) in [6.45, 7) is 7.14. The summed E-state index contributed by atoms with van der Waals surface area (Å²) in [6, 6.07) is 13.7. The molecule has 0 heterocycles. The molecule has 0 aliphatic rings. The third kappa shape index (κ3) is 3.92. The zero-order valence-corrected chi connectivity index (χ0v) is 13.1. The van der Waals surface area contributed by atoms with Gasteiger partial charge in [-0.1, -0.05) is 55.8 Å². The molecule has 0 aliphatic heterocycles. The highest BCUT2D eigenvalue weighted by Crippen LogP contribution is 2.26. The summed E-state index contributed by atoms with van der Waals surface area (Å²) in [4.78, 5) is 0. The van der Waals surface area contributed by atoms with Gasteiger partial charge < -0.3 is 5.32 Å². The number of rotatable bonds is 6. The number of hydrogen-bond acceptors (Lipinski definition) is 1. The zero-order valence-electron chi connectivity index (χ0n) is 13.1. The predicted molar refractivity (Wildman–Crippen MR) is 87.1 cm³/mol. The molecule has 0 saturated heterocycles. The third-order valence-electron chi connectivity index (χ3n) is 3.75. The molecule has 0 aliphatic carbocycles. The minimum absolute atomic E-state index is 0.0867. The van der Waals surface area contributed by atoms with Crippen LogP contribution in [0.15, 0.2) is 42.5 Å². The summed E-state index contributed by atoms with van der Waals surface area (Å²) in [5.74, 6) is -0.142. The van der Waals surface area contributed by atoms with Gasteiger partial charge in [0.05, 0.1) is 6.04 Å². The number of nitrogens with one attached hydrogen (secondary N) is 1. The lowest BCUT2D eigenvalue weighted by molar-refractivity contribution is 0.546. The van der Waals surface area contributed by atoms with Crippen LogP contribution < -0.4 is 5.32 Å². The number of benzene rings is 2. The van der Waals surface area contributed by atoms with E-state index in [2.05, 4.69) is 43.4 Å². The van der Waals surface area contributed by atoms with E-state index >= 15 is 0 Å². The summed E-state index contributed by atoms with van der Waals surface area (Å²) in [5.41, 5.74) is 4.23. The molecule has 0 fully saturated rings. The van der Waals surface area contributed by atoms with Crippen molar-refractivity contribution in [1.29, 1.82) is 0 Å². The molecule has 0 radical (unpaired) electrons. The fourth-order valence-electron chi connectivity index (χ4n) is 2.57. The Hall–Kier alpha value is -1.67. The summed E-state index contributed by atoms with van der Waals surface area (Å²) >= 11 is 0. The molecule has 2 rings (SSSR count). The van der Waals surface area contributed by atoms with Gasteiger partial charge in [-0.15, -0.1) is 0 Å². The molecule has 1 atom stereocenters. The van der Waals surface area contributed by atoms with Crippen LogP contribution in [0.1, 0.15) is 48.6 Å². The molecule has 2 heteroatoms. The quantitative estimate of drug-likeness (QED) is 0.805. The smallest absolute Gasteiger partial charge is 0.128 e. The molecule has 0 aromatic heterocycles. The van der Waals surface area contributed by atoms with Gasteiger partial charge in [0, 0.05) is 5.56 Å². The zero-order chi connectivity index (χ0) is 15.2. The fraction of sp³-hybridized carbons (Fsp3) is 0.368. The van der Waals surface area contributed by atoms with Crippen molar-refractivity contribution in [3.05, 3.63) is 70.5 Å². The first-order valence-electron chi connectivity index (χ1n) is 7.74. The van der Waals surface area contributed by atoms with Gasteiger partial charge in [-0.3, -0.25) is 0 Å². The molecular weight excluding hydrogens is 261 g/mol. The van der Waals surface area contributed by atoms with Crippen LogP contribution in [0.25, 0.3) is 0 Å². The summed E-state index contributed by atoms with van der Waals surface area (Å²) < 4.78 is 14.3. The highest BCUT2D eigenvalue weighted by atomic mass is 19.1. The first-order valence-corrected chi connectivity index (χ1v) is 7.74. The highest BCUT2D eigenvalue weighted by molar-refractivity contribution is 5.36. The van der Waals surface area contributed by atoms with Crippen LogP contribution in [0.5, 0.6) is 0 Å². The Kier molecular flexibility index (Phi) is 5.51. The van der Waals surface area contributed by atoms with Gasteiger partial charge in [-0.2, -0.15) is 0 Å². The van der Waals surface area contributed by atoms with Crippen LogP contribution in [0, 0.1) is 12.7 Å². The fourth-order valence-corrected chi connectivity index (χ4v) is 2.57. The van der Waals surface area contributed by atoms with Gasteiger partial charge in [0.15, 0.2) is 0 Å². The Labute approximate surface area is 127 Å². The van der Waals surface area contributed by atoms with Crippen molar-refractivity contribution in [1.82, 2.24) is 5.32 Å². The molecule has 2 aromatic rings. The normalized spacial score (nSPS) is 12.4. The average molecular weight is 285 g/mol. The maximum absolute atomic E-state index is 14.3. The maximum atomic E-state index is 14.3. The van der Waals surface area contributed by atoms with Gasteiger partial charge in [0.25, 0.3) is 0 Å². The summed E-state index contributed by atoms with van der Waals surface area (Å²) in [7, 11) is 0. The molecular formula is C19H24FN. The van der Waals surface area contributed by atoms with E-state index in [4.69, 9.17) is 0 Å². The van der Waals surface area contributed by atoms with Crippen LogP contribution in [0.3, 0.4) is 0 Å². The molecule has 112 valence electrons. The number of halogens is 1. The van der Waals surface area contributed by atoms with Crippen molar-refractivity contribution in [2.75, 3.05) is 6.54 Å². The van der Waals surface area contributed by atoms with Gasteiger partial charge >= 0.3 is 0 Å². The minimum Gasteiger partial charge on any atom is -0.306 e. The second-order valence-corrected chi connectivity index (χ2v) is 5.51. The van der Waals surface area contributed by atoms with Crippen molar-refractivity contribution in [2.45, 2.75) is 39.7 Å². The standard InChI is InChI=1S/C19H24FN/c1-4-11-21-19(16-8-6-7-15(5-2)13-16)17-12-14(3)9-10-18(17)20/h6-10,12-13,19,21H,4-5,11H2,1-3H3. The Morgan fingerprint density at radius 2 is 1.90 bits per heavy atom. The highest BCUT2D eigenvalue weighted by Gasteiger charge is 2.17. The SMILES string of the molecule is CCCNC(c1cccc(CC)c1)c1cc(C)ccc1F. The topological polar surface area (TPSA) is 12.0 Å². The second-order valence-electron chi connectivity index (χ2n) is 5.51. The molecule has 1 N–H and O–H groups in total. The first-order chi connectivity index (χ1) is 10.2. The molecule has 0 bridgehead atoms. The van der Waals surface area contributed by atoms with E-state index in [1.165, 1.54) is 5.56 Å². The Morgan fingerprint density at radius 3 is 2.62 bits per heavy atom. The van der Waals surface area contributed by atoms with E-state index in [0.717, 1.165) is 36.1 Å². The lowest BCUT2D eigenvalue weighted by atomic mass is 9.95. The largest absolute Gasteiger partial charge is 0.306 e. The molecule has 2 aromatic carbocycles. The van der Waals surface area contributed by atoms with E-state index in [1.807, 2.05) is 19.1 Å². The van der Waals surface area contributed by atoms with Crippen molar-refractivity contribution >= 4 is 0 Å². The Balaban J connectivity index is 2.44. The number of aryl methyl sites for hydroxylation is 2. The van der Waals surface area contributed by atoms with Gasteiger partial charge in [-0.05, 0) is 43.5 Å². The maximum Gasteiger partial charge on any atom is 0.128 e. The minimum atomic E-state index is -0.142. The third-order valence-corrected chi connectivity index (χ3v) is 3.75. The van der Waals surface area contributed by atoms with E-state index in [9.17, 15) is 4.39 Å². The summed E-state index contributed by atoms with van der Waals surface area (Å²) in [6.07, 6.45) is 2.02. The lowest BCUT2D eigenvalue weighted by Crippen LogP contribution is -2.24. The molecule has 1 unspecified atom stereocenters. The van der Waals surface area contributed by atoms with Gasteiger partial charge in [-0.25, -0.2) is 4.39 Å². The van der Waals surface area contributed by atoms with Gasteiger partial charge in [0.1, 0.15) is 5.82 Å². The van der Waals surface area contributed by atoms with E-state index in [1.54, 1.807) is 6.07 Å². The first kappa shape index (κ1) is 15.7. The van der Waals surface area contributed by atoms with Crippen LogP contribution in [-0.4, -0.2) is 6.54 Å². The lowest BCUT2D eigenvalue weighted by Gasteiger charge is -2.21. The van der Waals surface area contributed by atoms with Crippen molar-refractivity contribution < 1.29 is 4.39 Å². The molecule has 21 heavy (non-hydrogen) atoms. The molecule has 0 amide bonds. The van der Waals surface area contributed by atoms with Crippen LogP contribution in [0.2, 0.25) is 0 Å². The molecule has 1 nitrogen and oxygen atoms in total. The van der Waals surface area contributed by atoms with Crippen molar-refractivity contribution in [3.63, 3.8) is 0 Å². The van der Waals surface area contributed by atoms with Gasteiger partial charge in [0.2, 0.25) is 0 Å². The number of hydrogen-bond donors (Lipinski definition) is 1. The van der Waals surface area contributed by atoms with Crippen LogP contribution >= 0.6 is 0 Å².